The highest BCUT2D eigenvalue weighted by Crippen LogP contribution is 2.37. The molecule has 0 saturated heterocycles. The van der Waals surface area contributed by atoms with E-state index in [0.717, 1.165) is 44.8 Å². The Labute approximate surface area is 113 Å². The fraction of sp³-hybridized carbons (Fsp3) is 0.714. The Kier molecular flexibility index (Phi) is 4.96. The van der Waals surface area contributed by atoms with Gasteiger partial charge in [0.15, 0.2) is 0 Å². The summed E-state index contributed by atoms with van der Waals surface area (Å²) in [4.78, 5) is 18.7. The summed E-state index contributed by atoms with van der Waals surface area (Å²) in [6.45, 7) is 6.59. The van der Waals surface area contributed by atoms with E-state index in [1.165, 1.54) is 6.07 Å². The first-order chi connectivity index (χ1) is 9.15. The first-order valence-electron chi connectivity index (χ1n) is 7.08. The minimum Gasteiger partial charge on any atom is -0.381 e. The fourth-order valence-corrected chi connectivity index (χ4v) is 1.83. The Hall–Kier alpha value is -1.36. The Morgan fingerprint density at radius 3 is 3.00 bits per heavy atom. The molecule has 0 bridgehead atoms. The van der Waals surface area contributed by atoms with Crippen LogP contribution in [0.2, 0.25) is 0 Å². The van der Waals surface area contributed by atoms with Crippen LogP contribution in [-0.2, 0) is 4.74 Å². The number of nitrogens with one attached hydrogen (secondary N) is 2. The predicted octanol–water partition coefficient (Wildman–Crippen LogP) is 2.12. The topological polar surface area (TPSA) is 67.0 Å². The van der Waals surface area contributed by atoms with Gasteiger partial charge in [0.25, 0.3) is 5.56 Å². The molecule has 1 heterocycles. The van der Waals surface area contributed by atoms with Gasteiger partial charge >= 0.3 is 0 Å². The summed E-state index contributed by atoms with van der Waals surface area (Å²) >= 11 is 0. The van der Waals surface area contributed by atoms with Crippen LogP contribution in [0.3, 0.4) is 0 Å². The van der Waals surface area contributed by atoms with Gasteiger partial charge in [-0.25, -0.2) is 4.98 Å². The summed E-state index contributed by atoms with van der Waals surface area (Å²) in [5.41, 5.74) is -0.0737. The average Bonchev–Trinajstić information content (AvgIpc) is 3.16. The number of aromatic amines is 1. The number of H-pyrrole nitrogens is 1. The molecule has 1 aliphatic carbocycles. The lowest BCUT2D eigenvalue weighted by Gasteiger charge is -2.08. The van der Waals surface area contributed by atoms with Crippen molar-refractivity contribution in [2.45, 2.75) is 39.0 Å². The Bertz CT molecular complexity index is 452. The summed E-state index contributed by atoms with van der Waals surface area (Å²) in [5, 5.41) is 3.19. The van der Waals surface area contributed by atoms with Gasteiger partial charge in [0.2, 0.25) is 0 Å². The third-order valence-electron chi connectivity index (χ3n) is 2.95. The van der Waals surface area contributed by atoms with Crippen molar-refractivity contribution >= 4 is 5.82 Å². The van der Waals surface area contributed by atoms with Crippen molar-refractivity contribution in [1.29, 1.82) is 0 Å². The quantitative estimate of drug-likeness (QED) is 0.707. The number of ether oxygens (including phenoxy) is 1. The van der Waals surface area contributed by atoms with E-state index < -0.39 is 0 Å². The number of hydrogen-bond donors (Lipinski definition) is 2. The van der Waals surface area contributed by atoms with E-state index in [2.05, 4.69) is 29.1 Å². The van der Waals surface area contributed by atoms with Crippen LogP contribution in [0.1, 0.15) is 44.9 Å². The second kappa shape index (κ2) is 6.70. The largest absolute Gasteiger partial charge is 0.381 e. The first kappa shape index (κ1) is 14.1. The Balaban J connectivity index is 1.72. The van der Waals surface area contributed by atoms with E-state index in [9.17, 15) is 4.79 Å². The van der Waals surface area contributed by atoms with Gasteiger partial charge in [0, 0.05) is 31.7 Å². The minimum atomic E-state index is -0.0737. The van der Waals surface area contributed by atoms with Crippen LogP contribution in [0.4, 0.5) is 5.82 Å². The van der Waals surface area contributed by atoms with Crippen molar-refractivity contribution in [2.24, 2.45) is 5.92 Å². The molecule has 1 saturated carbocycles. The lowest BCUT2D eigenvalue weighted by molar-refractivity contribution is 0.110. The summed E-state index contributed by atoms with van der Waals surface area (Å²) in [6.07, 6.45) is 3.19. The van der Waals surface area contributed by atoms with Gasteiger partial charge < -0.3 is 15.0 Å². The third kappa shape index (κ3) is 5.03. The molecule has 0 aliphatic heterocycles. The van der Waals surface area contributed by atoms with E-state index in [4.69, 9.17) is 4.74 Å². The lowest BCUT2D eigenvalue weighted by atomic mass is 10.2. The van der Waals surface area contributed by atoms with Gasteiger partial charge in [-0.15, -0.1) is 0 Å². The molecule has 1 aromatic rings. The molecule has 2 N–H and O–H groups in total. The third-order valence-corrected chi connectivity index (χ3v) is 2.95. The van der Waals surface area contributed by atoms with Crippen molar-refractivity contribution in [3.63, 3.8) is 0 Å². The summed E-state index contributed by atoms with van der Waals surface area (Å²) in [5.74, 6) is 2.54. The highest BCUT2D eigenvalue weighted by atomic mass is 16.5. The molecular formula is C14H23N3O2. The van der Waals surface area contributed by atoms with E-state index in [1.54, 1.807) is 0 Å². The van der Waals surface area contributed by atoms with E-state index in [1.807, 2.05) is 0 Å². The number of hydrogen-bond acceptors (Lipinski definition) is 4. The molecule has 5 nitrogen and oxygen atoms in total. The summed E-state index contributed by atoms with van der Waals surface area (Å²) in [7, 11) is 0. The molecule has 0 atom stereocenters. The molecule has 0 amide bonds. The van der Waals surface area contributed by atoms with Gasteiger partial charge in [0.1, 0.15) is 11.6 Å². The average molecular weight is 265 g/mol. The summed E-state index contributed by atoms with van der Waals surface area (Å²) in [6, 6.07) is 1.51. The molecule has 1 aliphatic rings. The molecule has 0 spiro atoms. The molecule has 19 heavy (non-hydrogen) atoms. The highest BCUT2D eigenvalue weighted by molar-refractivity contribution is 5.33. The van der Waals surface area contributed by atoms with E-state index in [0.29, 0.717) is 17.7 Å². The molecule has 1 aromatic heterocycles. The lowest BCUT2D eigenvalue weighted by Crippen LogP contribution is -2.15. The SMILES string of the molecule is CC(C)COCCCNc1cc(=O)[nH]c(C2CC2)n1. The zero-order chi connectivity index (χ0) is 13.7. The van der Waals surface area contributed by atoms with Crippen molar-refractivity contribution in [2.75, 3.05) is 25.1 Å². The Morgan fingerprint density at radius 1 is 1.53 bits per heavy atom. The first-order valence-corrected chi connectivity index (χ1v) is 7.08. The smallest absolute Gasteiger partial charge is 0.252 e. The Morgan fingerprint density at radius 2 is 2.32 bits per heavy atom. The van der Waals surface area contributed by atoms with Crippen LogP contribution in [0.25, 0.3) is 0 Å². The molecule has 0 unspecified atom stereocenters. The molecule has 2 rings (SSSR count). The number of nitrogens with zero attached hydrogens (tertiary/aromatic N) is 1. The molecule has 106 valence electrons. The summed E-state index contributed by atoms with van der Waals surface area (Å²) < 4.78 is 5.50. The van der Waals surface area contributed by atoms with Crippen molar-refractivity contribution in [1.82, 2.24) is 9.97 Å². The normalized spacial score (nSPS) is 14.9. The van der Waals surface area contributed by atoms with Crippen LogP contribution >= 0.6 is 0 Å². The van der Waals surface area contributed by atoms with Crippen LogP contribution < -0.4 is 10.9 Å². The standard InChI is InChI=1S/C14H23N3O2/c1-10(2)9-19-7-3-6-15-12-8-13(18)17-14(16-12)11-4-5-11/h8,10-11H,3-7,9H2,1-2H3,(H2,15,16,17,18). The molecule has 1 fully saturated rings. The maximum atomic E-state index is 11.5. The van der Waals surface area contributed by atoms with Gasteiger partial charge in [-0.1, -0.05) is 13.8 Å². The molecular weight excluding hydrogens is 242 g/mol. The zero-order valence-electron chi connectivity index (χ0n) is 11.7. The van der Waals surface area contributed by atoms with E-state index >= 15 is 0 Å². The second-order valence-corrected chi connectivity index (χ2v) is 5.54. The zero-order valence-corrected chi connectivity index (χ0v) is 11.7. The van der Waals surface area contributed by atoms with Crippen molar-refractivity contribution in [3.8, 4) is 0 Å². The van der Waals surface area contributed by atoms with Gasteiger partial charge in [-0.3, -0.25) is 4.79 Å². The molecule has 0 radical (unpaired) electrons. The number of rotatable bonds is 8. The van der Waals surface area contributed by atoms with Crippen LogP contribution in [0, 0.1) is 5.92 Å². The van der Waals surface area contributed by atoms with Crippen LogP contribution in [0.5, 0.6) is 0 Å². The second-order valence-electron chi connectivity index (χ2n) is 5.54. The maximum absolute atomic E-state index is 11.5. The van der Waals surface area contributed by atoms with Crippen molar-refractivity contribution < 1.29 is 4.74 Å². The van der Waals surface area contributed by atoms with Gasteiger partial charge in [-0.2, -0.15) is 0 Å². The van der Waals surface area contributed by atoms with Crippen LogP contribution in [0.15, 0.2) is 10.9 Å². The fourth-order valence-electron chi connectivity index (χ4n) is 1.83. The molecule has 5 heteroatoms. The van der Waals surface area contributed by atoms with Gasteiger partial charge in [-0.05, 0) is 25.2 Å². The molecule has 0 aromatic carbocycles. The monoisotopic (exact) mass is 265 g/mol. The number of aromatic nitrogens is 2. The number of anilines is 1. The maximum Gasteiger partial charge on any atom is 0.252 e. The van der Waals surface area contributed by atoms with Gasteiger partial charge in [0.05, 0.1) is 0 Å². The van der Waals surface area contributed by atoms with Crippen LogP contribution in [-0.4, -0.2) is 29.7 Å². The van der Waals surface area contributed by atoms with Crippen molar-refractivity contribution in [3.05, 3.63) is 22.2 Å². The predicted molar refractivity (Wildman–Crippen MR) is 75.6 cm³/mol. The highest BCUT2D eigenvalue weighted by Gasteiger charge is 2.26. The minimum absolute atomic E-state index is 0.0737. The van der Waals surface area contributed by atoms with E-state index in [-0.39, 0.29) is 5.56 Å².